The molecule has 3 rings (SSSR count). The average molecular weight is 348 g/mol. The molecule has 1 aliphatic heterocycles. The lowest BCUT2D eigenvalue weighted by atomic mass is 10.2. The van der Waals surface area contributed by atoms with Crippen molar-refractivity contribution in [2.75, 3.05) is 43.9 Å². The largest absolute Gasteiger partial charge is 0.379 e. The second kappa shape index (κ2) is 7.69. The maximum absolute atomic E-state index is 12.3. The predicted molar refractivity (Wildman–Crippen MR) is 92.1 cm³/mol. The van der Waals surface area contributed by atoms with Crippen LogP contribution in [0.3, 0.4) is 0 Å². The van der Waals surface area contributed by atoms with Crippen molar-refractivity contribution in [1.82, 2.24) is 14.3 Å². The summed E-state index contributed by atoms with van der Waals surface area (Å²) in [6.07, 6.45) is 1.66. The van der Waals surface area contributed by atoms with Gasteiger partial charge in [-0.25, -0.2) is 18.4 Å². The quantitative estimate of drug-likeness (QED) is 0.845. The normalized spacial score (nSPS) is 16.0. The van der Waals surface area contributed by atoms with E-state index in [1.807, 2.05) is 30.3 Å². The van der Waals surface area contributed by atoms with Crippen molar-refractivity contribution in [2.24, 2.45) is 0 Å². The van der Waals surface area contributed by atoms with Gasteiger partial charge >= 0.3 is 0 Å². The molecule has 1 aromatic heterocycles. The Kier molecular flexibility index (Phi) is 5.39. The Morgan fingerprint density at radius 3 is 2.62 bits per heavy atom. The van der Waals surface area contributed by atoms with Gasteiger partial charge in [-0.05, 0) is 6.07 Å². The maximum atomic E-state index is 12.3. The van der Waals surface area contributed by atoms with Crippen LogP contribution in [-0.4, -0.2) is 61.3 Å². The smallest absolute Gasteiger partial charge is 0.215 e. The highest BCUT2D eigenvalue weighted by Crippen LogP contribution is 2.15. The summed E-state index contributed by atoms with van der Waals surface area (Å²) < 4.78 is 31.2. The highest BCUT2D eigenvalue weighted by Gasteiger charge is 2.23. The first-order chi connectivity index (χ1) is 11.6. The molecule has 0 amide bonds. The molecule has 1 N–H and O–H groups in total. The first-order valence-electron chi connectivity index (χ1n) is 7.83. The first-order valence-corrected chi connectivity index (χ1v) is 9.44. The van der Waals surface area contributed by atoms with Gasteiger partial charge < -0.3 is 10.1 Å². The third-order valence-corrected chi connectivity index (χ3v) is 5.59. The van der Waals surface area contributed by atoms with E-state index < -0.39 is 10.0 Å². The van der Waals surface area contributed by atoms with Gasteiger partial charge in [-0.2, -0.15) is 4.31 Å². The summed E-state index contributed by atoms with van der Waals surface area (Å²) in [5.74, 6) is 1.25. The molecule has 7 nitrogen and oxygen atoms in total. The van der Waals surface area contributed by atoms with Crippen molar-refractivity contribution >= 4 is 15.8 Å². The van der Waals surface area contributed by atoms with Gasteiger partial charge in [0.1, 0.15) is 5.82 Å². The number of anilines is 1. The number of aromatic nitrogens is 2. The molecule has 0 unspecified atom stereocenters. The van der Waals surface area contributed by atoms with Crippen LogP contribution >= 0.6 is 0 Å². The molecule has 0 atom stereocenters. The van der Waals surface area contributed by atoms with E-state index in [2.05, 4.69) is 15.3 Å². The molecule has 8 heteroatoms. The molecule has 24 heavy (non-hydrogen) atoms. The Hall–Kier alpha value is -2.03. The Balaban J connectivity index is 1.59. The molecule has 0 bridgehead atoms. The van der Waals surface area contributed by atoms with Crippen molar-refractivity contribution in [2.45, 2.75) is 0 Å². The van der Waals surface area contributed by atoms with Crippen LogP contribution in [-0.2, 0) is 14.8 Å². The van der Waals surface area contributed by atoms with Crippen LogP contribution in [0.25, 0.3) is 11.4 Å². The minimum Gasteiger partial charge on any atom is -0.379 e. The van der Waals surface area contributed by atoms with Crippen molar-refractivity contribution in [1.29, 1.82) is 0 Å². The molecule has 0 aliphatic carbocycles. The summed E-state index contributed by atoms with van der Waals surface area (Å²) in [7, 11) is -3.27. The van der Waals surface area contributed by atoms with Gasteiger partial charge in [0.2, 0.25) is 10.0 Å². The molecule has 0 spiro atoms. The zero-order valence-electron chi connectivity index (χ0n) is 13.3. The topological polar surface area (TPSA) is 84.4 Å². The fraction of sp³-hybridized carbons (Fsp3) is 0.375. The van der Waals surface area contributed by atoms with Gasteiger partial charge in [-0.3, -0.25) is 0 Å². The molecular weight excluding hydrogens is 328 g/mol. The highest BCUT2D eigenvalue weighted by molar-refractivity contribution is 7.89. The number of hydrogen-bond acceptors (Lipinski definition) is 6. The van der Waals surface area contributed by atoms with Gasteiger partial charge in [0.15, 0.2) is 5.82 Å². The first kappa shape index (κ1) is 16.8. The lowest BCUT2D eigenvalue weighted by Crippen LogP contribution is -2.42. The van der Waals surface area contributed by atoms with Crippen LogP contribution in [0.2, 0.25) is 0 Å². The molecule has 2 heterocycles. The average Bonchev–Trinajstić information content (AvgIpc) is 2.63. The molecule has 0 radical (unpaired) electrons. The second-order valence-corrected chi connectivity index (χ2v) is 7.47. The van der Waals surface area contributed by atoms with Crippen LogP contribution in [0.5, 0.6) is 0 Å². The lowest BCUT2D eigenvalue weighted by molar-refractivity contribution is 0.0731. The third kappa shape index (κ3) is 4.28. The van der Waals surface area contributed by atoms with E-state index in [9.17, 15) is 8.42 Å². The van der Waals surface area contributed by atoms with E-state index in [1.165, 1.54) is 4.31 Å². The van der Waals surface area contributed by atoms with E-state index in [-0.39, 0.29) is 5.75 Å². The number of hydrogen-bond donors (Lipinski definition) is 1. The number of nitrogens with zero attached hydrogens (tertiary/aromatic N) is 3. The van der Waals surface area contributed by atoms with E-state index in [0.717, 1.165) is 5.56 Å². The zero-order valence-corrected chi connectivity index (χ0v) is 14.1. The van der Waals surface area contributed by atoms with Crippen LogP contribution in [0.15, 0.2) is 42.6 Å². The van der Waals surface area contributed by atoms with Crippen molar-refractivity contribution < 1.29 is 13.2 Å². The molecule has 2 aromatic rings. The van der Waals surface area contributed by atoms with Crippen LogP contribution in [0.1, 0.15) is 0 Å². The van der Waals surface area contributed by atoms with E-state index in [1.54, 1.807) is 12.3 Å². The molecule has 1 fully saturated rings. The van der Waals surface area contributed by atoms with Crippen LogP contribution in [0.4, 0.5) is 5.82 Å². The monoisotopic (exact) mass is 348 g/mol. The number of ether oxygens (including phenoxy) is 1. The van der Waals surface area contributed by atoms with E-state index in [4.69, 9.17) is 4.74 Å². The SMILES string of the molecule is O=S(=O)(CCNc1ccnc(-c2ccccc2)n1)N1CCOCC1. The van der Waals surface area contributed by atoms with Gasteiger partial charge in [-0.1, -0.05) is 30.3 Å². The maximum Gasteiger partial charge on any atom is 0.215 e. The van der Waals surface area contributed by atoms with Gasteiger partial charge in [-0.15, -0.1) is 0 Å². The van der Waals surface area contributed by atoms with Crippen LogP contribution in [0, 0.1) is 0 Å². The molecule has 128 valence electrons. The Labute approximate surface area is 141 Å². The standard InChI is InChI=1S/C16H20N4O3S/c21-24(22,20-9-11-23-12-10-20)13-8-17-15-6-7-18-16(19-15)14-4-2-1-3-5-14/h1-7H,8-13H2,(H,17,18,19). The van der Waals surface area contributed by atoms with Gasteiger partial charge in [0.05, 0.1) is 19.0 Å². The fourth-order valence-corrected chi connectivity index (χ4v) is 3.77. The van der Waals surface area contributed by atoms with Gasteiger partial charge in [0, 0.05) is 31.4 Å². The van der Waals surface area contributed by atoms with Crippen LogP contribution < -0.4 is 5.32 Å². The predicted octanol–water partition coefficient (Wildman–Crippen LogP) is 1.22. The number of sulfonamides is 1. The number of benzene rings is 1. The number of nitrogens with one attached hydrogen (secondary N) is 1. The van der Waals surface area contributed by atoms with E-state index >= 15 is 0 Å². The molecule has 1 aromatic carbocycles. The Bertz CT molecular complexity index is 762. The van der Waals surface area contributed by atoms with Crippen molar-refractivity contribution in [3.63, 3.8) is 0 Å². The van der Waals surface area contributed by atoms with Crippen molar-refractivity contribution in [3.05, 3.63) is 42.6 Å². The summed E-state index contributed by atoms with van der Waals surface area (Å²) in [5.41, 5.74) is 0.919. The van der Waals surface area contributed by atoms with Gasteiger partial charge in [0.25, 0.3) is 0 Å². The second-order valence-electron chi connectivity index (χ2n) is 5.39. The molecule has 1 saturated heterocycles. The minimum absolute atomic E-state index is 0.0255. The summed E-state index contributed by atoms with van der Waals surface area (Å²) in [4.78, 5) is 8.67. The minimum atomic E-state index is -3.27. The fourth-order valence-electron chi connectivity index (χ4n) is 2.45. The molecule has 0 saturated carbocycles. The number of rotatable bonds is 6. The van der Waals surface area contributed by atoms with E-state index in [0.29, 0.717) is 44.5 Å². The third-order valence-electron chi connectivity index (χ3n) is 3.72. The Morgan fingerprint density at radius 2 is 1.88 bits per heavy atom. The number of morpholine rings is 1. The summed E-state index contributed by atoms with van der Waals surface area (Å²) in [5, 5.41) is 3.06. The summed E-state index contributed by atoms with van der Waals surface area (Å²) >= 11 is 0. The summed E-state index contributed by atoms with van der Waals surface area (Å²) in [6, 6.07) is 11.4. The highest BCUT2D eigenvalue weighted by atomic mass is 32.2. The summed E-state index contributed by atoms with van der Waals surface area (Å²) in [6.45, 7) is 2.06. The zero-order chi connectivity index (χ0) is 16.8. The van der Waals surface area contributed by atoms with Crippen molar-refractivity contribution in [3.8, 4) is 11.4 Å². The lowest BCUT2D eigenvalue weighted by Gasteiger charge is -2.26. The molecule has 1 aliphatic rings. The molecular formula is C16H20N4O3S. The Morgan fingerprint density at radius 1 is 1.12 bits per heavy atom.